The number of hydrogen-bond acceptors (Lipinski definition) is 5. The lowest BCUT2D eigenvalue weighted by Crippen LogP contribution is -2.25. The number of benzene rings is 1. The maximum atomic E-state index is 11.6. The van der Waals surface area contributed by atoms with Gasteiger partial charge in [-0.1, -0.05) is 17.3 Å². The maximum Gasteiger partial charge on any atom is 0.414 e. The third kappa shape index (κ3) is 2.85. The Morgan fingerprint density at radius 3 is 2.74 bits per heavy atom. The number of rotatable bonds is 4. The molecule has 6 heteroatoms. The van der Waals surface area contributed by atoms with E-state index in [4.69, 9.17) is 14.7 Å². The van der Waals surface area contributed by atoms with Crippen LogP contribution in [0.15, 0.2) is 29.4 Å². The van der Waals surface area contributed by atoms with Gasteiger partial charge in [-0.3, -0.25) is 4.90 Å². The molecule has 0 aliphatic carbocycles. The van der Waals surface area contributed by atoms with Crippen molar-refractivity contribution in [1.29, 1.82) is 0 Å². The van der Waals surface area contributed by atoms with Gasteiger partial charge in [0.2, 0.25) is 0 Å². The summed E-state index contributed by atoms with van der Waals surface area (Å²) in [6.45, 7) is 2.03. The van der Waals surface area contributed by atoms with Gasteiger partial charge in [-0.25, -0.2) is 4.79 Å². The number of ether oxygens (including phenoxy) is 1. The molecule has 0 spiro atoms. The first-order valence-electron chi connectivity index (χ1n) is 5.93. The fraction of sp³-hybridized carbons (Fsp3) is 0.385. The number of cyclic esters (lactones) is 1. The molecule has 1 aliphatic rings. The second-order valence-corrected chi connectivity index (χ2v) is 4.21. The van der Waals surface area contributed by atoms with E-state index < -0.39 is 12.2 Å². The van der Waals surface area contributed by atoms with Gasteiger partial charge in [0.1, 0.15) is 13.2 Å². The molecule has 102 valence electrons. The highest BCUT2D eigenvalue weighted by Crippen LogP contribution is 2.22. The standard InChI is InChI=1S/C13H16N2O4/c1-9(14-18-2)10-3-5-11(6-4-10)15-7-12(8-16)19-13(15)17/h3-6,12,16H,7-8H2,1-2H3. The normalized spacial score (nSPS) is 19.5. The van der Waals surface area contributed by atoms with E-state index in [1.54, 1.807) is 0 Å². The minimum absolute atomic E-state index is 0.167. The van der Waals surface area contributed by atoms with Crippen molar-refractivity contribution in [3.05, 3.63) is 29.8 Å². The van der Waals surface area contributed by atoms with Gasteiger partial charge in [-0.15, -0.1) is 0 Å². The summed E-state index contributed by atoms with van der Waals surface area (Å²) in [6, 6.07) is 7.33. The maximum absolute atomic E-state index is 11.6. The van der Waals surface area contributed by atoms with Gasteiger partial charge in [0, 0.05) is 5.69 Å². The molecule has 1 aromatic rings. The average molecular weight is 264 g/mol. The first kappa shape index (κ1) is 13.4. The van der Waals surface area contributed by atoms with Crippen molar-refractivity contribution in [1.82, 2.24) is 0 Å². The number of nitrogens with zero attached hydrogens (tertiary/aromatic N) is 2. The van der Waals surface area contributed by atoms with Crippen LogP contribution in [0.2, 0.25) is 0 Å². The Bertz CT molecular complexity index is 484. The summed E-state index contributed by atoms with van der Waals surface area (Å²) in [4.78, 5) is 17.8. The van der Waals surface area contributed by atoms with Gasteiger partial charge < -0.3 is 14.7 Å². The molecule has 1 aliphatic heterocycles. The molecule has 1 amide bonds. The molecule has 1 N–H and O–H groups in total. The van der Waals surface area contributed by atoms with Crippen molar-refractivity contribution < 1.29 is 19.5 Å². The highest BCUT2D eigenvalue weighted by atomic mass is 16.6. The zero-order valence-corrected chi connectivity index (χ0v) is 10.9. The van der Waals surface area contributed by atoms with Crippen molar-refractivity contribution in [2.45, 2.75) is 13.0 Å². The Labute approximate surface area is 111 Å². The van der Waals surface area contributed by atoms with Crippen LogP contribution in [0.4, 0.5) is 10.5 Å². The van der Waals surface area contributed by atoms with Gasteiger partial charge in [0.15, 0.2) is 0 Å². The predicted octanol–water partition coefficient (Wildman–Crippen LogP) is 1.37. The zero-order valence-electron chi connectivity index (χ0n) is 10.9. The van der Waals surface area contributed by atoms with Crippen LogP contribution in [-0.4, -0.2) is 43.3 Å². The largest absolute Gasteiger partial charge is 0.441 e. The molecule has 1 fully saturated rings. The average Bonchev–Trinajstić information content (AvgIpc) is 2.80. The molecule has 0 bridgehead atoms. The molecule has 6 nitrogen and oxygen atoms in total. The Hall–Kier alpha value is -2.08. The number of aliphatic hydroxyl groups is 1. The van der Waals surface area contributed by atoms with Crippen molar-refractivity contribution >= 4 is 17.5 Å². The van der Waals surface area contributed by atoms with E-state index in [-0.39, 0.29) is 6.61 Å². The van der Waals surface area contributed by atoms with Gasteiger partial charge in [-0.2, -0.15) is 0 Å². The Morgan fingerprint density at radius 2 is 2.21 bits per heavy atom. The third-order valence-electron chi connectivity index (χ3n) is 2.90. The molecule has 1 atom stereocenters. The number of carbonyl (C=O) groups excluding carboxylic acids is 1. The van der Waals surface area contributed by atoms with Crippen molar-refractivity contribution in [2.75, 3.05) is 25.2 Å². The van der Waals surface area contributed by atoms with E-state index in [2.05, 4.69) is 5.16 Å². The quantitative estimate of drug-likeness (QED) is 0.658. The van der Waals surface area contributed by atoms with Gasteiger partial charge in [0.05, 0.1) is 18.9 Å². The topological polar surface area (TPSA) is 71.4 Å². The second kappa shape index (κ2) is 5.71. The lowest BCUT2D eigenvalue weighted by Gasteiger charge is -2.13. The first-order chi connectivity index (χ1) is 9.15. The van der Waals surface area contributed by atoms with Gasteiger partial charge >= 0.3 is 6.09 Å². The van der Waals surface area contributed by atoms with Crippen LogP contribution in [0.3, 0.4) is 0 Å². The van der Waals surface area contributed by atoms with E-state index in [1.807, 2.05) is 31.2 Å². The first-order valence-corrected chi connectivity index (χ1v) is 5.93. The molecule has 19 heavy (non-hydrogen) atoms. The zero-order chi connectivity index (χ0) is 13.8. The van der Waals surface area contributed by atoms with Crippen LogP contribution in [-0.2, 0) is 9.57 Å². The third-order valence-corrected chi connectivity index (χ3v) is 2.90. The van der Waals surface area contributed by atoms with E-state index in [9.17, 15) is 4.79 Å². The molecule has 1 heterocycles. The predicted molar refractivity (Wildman–Crippen MR) is 70.4 cm³/mol. The van der Waals surface area contributed by atoms with Gasteiger partial charge in [0.25, 0.3) is 0 Å². The number of carbonyl (C=O) groups is 1. The lowest BCUT2D eigenvalue weighted by atomic mass is 10.1. The van der Waals surface area contributed by atoms with Crippen molar-refractivity contribution in [3.63, 3.8) is 0 Å². The number of aliphatic hydroxyl groups excluding tert-OH is 1. The van der Waals surface area contributed by atoms with E-state index in [1.165, 1.54) is 12.0 Å². The fourth-order valence-electron chi connectivity index (χ4n) is 1.90. The number of hydrogen-bond donors (Lipinski definition) is 1. The second-order valence-electron chi connectivity index (χ2n) is 4.21. The molecule has 1 aromatic carbocycles. The molecular formula is C13H16N2O4. The molecule has 0 aromatic heterocycles. The smallest absolute Gasteiger partial charge is 0.414 e. The SMILES string of the molecule is CON=C(C)c1ccc(N2CC(CO)OC2=O)cc1. The van der Waals surface area contributed by atoms with Crippen LogP contribution in [0.5, 0.6) is 0 Å². The van der Waals surface area contributed by atoms with Gasteiger partial charge in [-0.05, 0) is 24.6 Å². The molecular weight excluding hydrogens is 248 g/mol. The number of oxime groups is 1. The minimum Gasteiger partial charge on any atom is -0.441 e. The summed E-state index contributed by atoms with van der Waals surface area (Å²) >= 11 is 0. The molecule has 2 rings (SSSR count). The fourth-order valence-corrected chi connectivity index (χ4v) is 1.90. The molecule has 1 saturated heterocycles. The number of amides is 1. The molecule has 0 radical (unpaired) electrons. The van der Waals surface area contributed by atoms with Crippen LogP contribution in [0.25, 0.3) is 0 Å². The highest BCUT2D eigenvalue weighted by molar-refractivity contribution is 5.99. The Morgan fingerprint density at radius 1 is 1.53 bits per heavy atom. The Kier molecular flexibility index (Phi) is 4.01. The molecule has 0 saturated carbocycles. The van der Waals surface area contributed by atoms with Crippen molar-refractivity contribution in [3.8, 4) is 0 Å². The summed E-state index contributed by atoms with van der Waals surface area (Å²) in [5.74, 6) is 0. The Balaban J connectivity index is 2.15. The van der Waals surface area contributed by atoms with Crippen LogP contribution < -0.4 is 4.90 Å². The van der Waals surface area contributed by atoms with Crippen LogP contribution in [0, 0.1) is 0 Å². The summed E-state index contributed by atoms with van der Waals surface area (Å²) in [7, 11) is 1.49. The van der Waals surface area contributed by atoms with E-state index in [0.29, 0.717) is 6.54 Å². The van der Waals surface area contributed by atoms with Crippen molar-refractivity contribution in [2.24, 2.45) is 5.16 Å². The van der Waals surface area contributed by atoms with E-state index in [0.717, 1.165) is 17.0 Å². The summed E-state index contributed by atoms with van der Waals surface area (Å²) < 4.78 is 4.99. The van der Waals surface area contributed by atoms with Crippen LogP contribution >= 0.6 is 0 Å². The summed E-state index contributed by atoms with van der Waals surface area (Å²) in [6.07, 6.45) is -0.891. The summed E-state index contributed by atoms with van der Waals surface area (Å²) in [5, 5.41) is 12.8. The lowest BCUT2D eigenvalue weighted by molar-refractivity contribution is 0.0963. The summed E-state index contributed by atoms with van der Waals surface area (Å²) in [5.41, 5.74) is 2.40. The number of anilines is 1. The van der Waals surface area contributed by atoms with Crippen LogP contribution in [0.1, 0.15) is 12.5 Å². The minimum atomic E-state index is -0.455. The monoisotopic (exact) mass is 264 g/mol. The highest BCUT2D eigenvalue weighted by Gasteiger charge is 2.31. The van der Waals surface area contributed by atoms with E-state index >= 15 is 0 Å². The molecule has 1 unspecified atom stereocenters.